The summed E-state index contributed by atoms with van der Waals surface area (Å²) in [6.45, 7) is 0.527. The molecule has 23 heavy (non-hydrogen) atoms. The van der Waals surface area contributed by atoms with E-state index in [9.17, 15) is 9.59 Å². The summed E-state index contributed by atoms with van der Waals surface area (Å²) in [4.78, 5) is 26.4. The minimum atomic E-state index is -0.540. The second kappa shape index (κ2) is 7.68. The molecule has 2 rings (SSSR count). The lowest BCUT2D eigenvalue weighted by Crippen LogP contribution is -2.48. The molecule has 1 aromatic rings. The summed E-state index contributed by atoms with van der Waals surface area (Å²) >= 11 is 3.38. The first-order chi connectivity index (χ1) is 11.0. The molecule has 0 saturated carbocycles. The van der Waals surface area contributed by atoms with Gasteiger partial charge in [-0.15, -0.1) is 0 Å². The van der Waals surface area contributed by atoms with Crippen LogP contribution in [-0.2, 0) is 9.53 Å². The SMILES string of the molecule is COC(=O)[C@H]1CCCCN1C(=O)c1cc(OC)c(Br)c(OC)c1. The van der Waals surface area contributed by atoms with Gasteiger partial charge in [0.25, 0.3) is 5.91 Å². The minimum absolute atomic E-state index is 0.232. The lowest BCUT2D eigenvalue weighted by atomic mass is 10.0. The van der Waals surface area contributed by atoms with Crippen molar-refractivity contribution < 1.29 is 23.8 Å². The topological polar surface area (TPSA) is 65.1 Å². The van der Waals surface area contributed by atoms with Gasteiger partial charge in [-0.2, -0.15) is 0 Å². The molecule has 0 spiro atoms. The molecule has 1 saturated heterocycles. The molecule has 0 N–H and O–H groups in total. The van der Waals surface area contributed by atoms with Gasteiger partial charge < -0.3 is 19.1 Å². The summed E-state index contributed by atoms with van der Waals surface area (Å²) in [5.74, 6) is 0.386. The number of likely N-dealkylation sites (tertiary alicyclic amines) is 1. The molecule has 0 aromatic heterocycles. The highest BCUT2D eigenvalue weighted by molar-refractivity contribution is 9.10. The monoisotopic (exact) mass is 385 g/mol. The zero-order valence-corrected chi connectivity index (χ0v) is 15.0. The van der Waals surface area contributed by atoms with Crippen LogP contribution in [-0.4, -0.2) is 50.7 Å². The van der Waals surface area contributed by atoms with Gasteiger partial charge in [0, 0.05) is 12.1 Å². The largest absolute Gasteiger partial charge is 0.495 e. The molecule has 1 heterocycles. The maximum absolute atomic E-state index is 12.9. The molecule has 1 aliphatic heterocycles. The molecule has 0 bridgehead atoms. The summed E-state index contributed by atoms with van der Waals surface area (Å²) in [7, 11) is 4.38. The summed E-state index contributed by atoms with van der Waals surface area (Å²) in [5.41, 5.74) is 0.415. The van der Waals surface area contributed by atoms with Crippen molar-refractivity contribution in [1.82, 2.24) is 4.90 Å². The first-order valence-corrected chi connectivity index (χ1v) is 8.13. The quantitative estimate of drug-likeness (QED) is 0.745. The number of hydrogen-bond donors (Lipinski definition) is 0. The normalized spacial score (nSPS) is 17.6. The van der Waals surface area contributed by atoms with Crippen molar-refractivity contribution >= 4 is 27.8 Å². The first-order valence-electron chi connectivity index (χ1n) is 7.33. The molecule has 1 amide bonds. The van der Waals surface area contributed by atoms with Gasteiger partial charge >= 0.3 is 5.97 Å². The van der Waals surface area contributed by atoms with E-state index in [0.717, 1.165) is 12.8 Å². The smallest absolute Gasteiger partial charge is 0.328 e. The zero-order chi connectivity index (χ0) is 17.0. The van der Waals surface area contributed by atoms with E-state index in [-0.39, 0.29) is 11.9 Å². The maximum Gasteiger partial charge on any atom is 0.328 e. The van der Waals surface area contributed by atoms with Gasteiger partial charge in [0.05, 0.1) is 21.3 Å². The third-order valence-electron chi connectivity index (χ3n) is 3.93. The van der Waals surface area contributed by atoms with Crippen molar-refractivity contribution in [3.63, 3.8) is 0 Å². The number of rotatable bonds is 4. The Morgan fingerprint density at radius 1 is 1.13 bits per heavy atom. The fourth-order valence-electron chi connectivity index (χ4n) is 2.71. The third-order valence-corrected chi connectivity index (χ3v) is 4.71. The molecule has 0 radical (unpaired) electrons. The molecule has 7 heteroatoms. The number of piperidine rings is 1. The summed E-state index contributed by atoms with van der Waals surface area (Å²) in [6.07, 6.45) is 2.38. The second-order valence-corrected chi connectivity index (χ2v) is 6.02. The van der Waals surface area contributed by atoms with E-state index < -0.39 is 6.04 Å². The Balaban J connectivity index is 2.36. The zero-order valence-electron chi connectivity index (χ0n) is 13.4. The molecular weight excluding hydrogens is 366 g/mol. The van der Waals surface area contributed by atoms with Crippen molar-refractivity contribution in [1.29, 1.82) is 0 Å². The molecule has 126 valence electrons. The highest BCUT2D eigenvalue weighted by Gasteiger charge is 2.33. The Labute approximate surface area is 143 Å². The summed E-state index contributed by atoms with van der Waals surface area (Å²) < 4.78 is 16.0. The van der Waals surface area contributed by atoms with Crippen LogP contribution < -0.4 is 9.47 Å². The van der Waals surface area contributed by atoms with Crippen LogP contribution in [0.2, 0.25) is 0 Å². The number of benzene rings is 1. The van der Waals surface area contributed by atoms with Gasteiger partial charge in [0.15, 0.2) is 0 Å². The molecule has 1 fully saturated rings. The Kier molecular flexibility index (Phi) is 5.87. The number of esters is 1. The number of carbonyl (C=O) groups excluding carboxylic acids is 2. The lowest BCUT2D eigenvalue weighted by molar-refractivity contribution is -0.147. The fraction of sp³-hybridized carbons (Fsp3) is 0.500. The molecule has 1 aliphatic rings. The van der Waals surface area contributed by atoms with Crippen LogP contribution in [0.3, 0.4) is 0 Å². The number of amides is 1. The lowest BCUT2D eigenvalue weighted by Gasteiger charge is -2.34. The molecular formula is C16H20BrNO5. The van der Waals surface area contributed by atoms with Crippen molar-refractivity contribution in [2.75, 3.05) is 27.9 Å². The van der Waals surface area contributed by atoms with Gasteiger partial charge in [-0.25, -0.2) is 4.79 Å². The van der Waals surface area contributed by atoms with Crippen molar-refractivity contribution in [2.24, 2.45) is 0 Å². The molecule has 6 nitrogen and oxygen atoms in total. The second-order valence-electron chi connectivity index (χ2n) is 5.23. The van der Waals surface area contributed by atoms with Gasteiger partial charge in [-0.3, -0.25) is 4.79 Å². The van der Waals surface area contributed by atoms with Crippen molar-refractivity contribution in [2.45, 2.75) is 25.3 Å². The van der Waals surface area contributed by atoms with Gasteiger partial charge in [-0.05, 0) is 47.3 Å². The number of ether oxygens (including phenoxy) is 3. The average Bonchev–Trinajstić information content (AvgIpc) is 2.60. The third kappa shape index (κ3) is 3.60. The molecule has 0 aliphatic carbocycles. The van der Waals surface area contributed by atoms with Crippen LogP contribution in [0.1, 0.15) is 29.6 Å². The van der Waals surface area contributed by atoms with E-state index in [1.807, 2.05) is 0 Å². The Morgan fingerprint density at radius 2 is 1.74 bits per heavy atom. The van der Waals surface area contributed by atoms with Crippen LogP contribution >= 0.6 is 15.9 Å². The Bertz CT molecular complexity index is 579. The predicted octanol–water partition coefficient (Wildman–Crippen LogP) is 2.63. The average molecular weight is 386 g/mol. The molecule has 0 unspecified atom stereocenters. The van der Waals surface area contributed by atoms with Crippen LogP contribution in [0, 0.1) is 0 Å². The van der Waals surface area contributed by atoms with E-state index in [0.29, 0.717) is 34.5 Å². The molecule has 1 atom stereocenters. The van der Waals surface area contributed by atoms with Crippen LogP contribution in [0.25, 0.3) is 0 Å². The van der Waals surface area contributed by atoms with E-state index in [1.165, 1.54) is 21.3 Å². The predicted molar refractivity (Wildman–Crippen MR) is 87.9 cm³/mol. The number of methoxy groups -OCH3 is 3. The number of hydrogen-bond acceptors (Lipinski definition) is 5. The van der Waals surface area contributed by atoms with Crippen LogP contribution in [0.5, 0.6) is 11.5 Å². The fourth-order valence-corrected chi connectivity index (χ4v) is 3.27. The van der Waals surface area contributed by atoms with E-state index in [1.54, 1.807) is 17.0 Å². The highest BCUT2D eigenvalue weighted by atomic mass is 79.9. The van der Waals surface area contributed by atoms with E-state index >= 15 is 0 Å². The summed E-state index contributed by atoms with van der Waals surface area (Å²) in [6, 6.07) is 2.73. The van der Waals surface area contributed by atoms with Gasteiger partial charge in [0.2, 0.25) is 0 Å². The minimum Gasteiger partial charge on any atom is -0.495 e. The number of nitrogens with zero attached hydrogens (tertiary/aromatic N) is 1. The number of carbonyl (C=O) groups is 2. The Morgan fingerprint density at radius 3 is 2.26 bits per heavy atom. The van der Waals surface area contributed by atoms with E-state index in [4.69, 9.17) is 14.2 Å². The highest BCUT2D eigenvalue weighted by Crippen LogP contribution is 2.36. The number of halogens is 1. The summed E-state index contributed by atoms with van der Waals surface area (Å²) in [5, 5.41) is 0. The standard InChI is InChI=1S/C16H20BrNO5/c1-21-12-8-10(9-13(22-2)14(12)17)15(19)18-7-5-4-6-11(18)16(20)23-3/h8-9,11H,4-7H2,1-3H3/t11-/m1/s1. The van der Waals surface area contributed by atoms with Crippen molar-refractivity contribution in [3.8, 4) is 11.5 Å². The van der Waals surface area contributed by atoms with Gasteiger partial charge in [-0.1, -0.05) is 0 Å². The maximum atomic E-state index is 12.9. The van der Waals surface area contributed by atoms with Crippen LogP contribution in [0.15, 0.2) is 16.6 Å². The molecule has 1 aromatic carbocycles. The van der Waals surface area contributed by atoms with E-state index in [2.05, 4.69) is 15.9 Å². The Hall–Kier alpha value is -1.76. The first kappa shape index (κ1) is 17.6. The van der Waals surface area contributed by atoms with Crippen LogP contribution in [0.4, 0.5) is 0 Å². The van der Waals surface area contributed by atoms with Crippen molar-refractivity contribution in [3.05, 3.63) is 22.2 Å². The van der Waals surface area contributed by atoms with Gasteiger partial charge in [0.1, 0.15) is 22.0 Å².